The lowest BCUT2D eigenvalue weighted by molar-refractivity contribution is 0.101. The van der Waals surface area contributed by atoms with Crippen LogP contribution in [0.1, 0.15) is 28.4 Å². The van der Waals surface area contributed by atoms with Gasteiger partial charge in [-0.3, -0.25) is 4.79 Å². The van der Waals surface area contributed by atoms with Crippen molar-refractivity contribution in [1.29, 1.82) is 0 Å². The number of Topliss-reactive ketones (excluding diaryl/α,β-unsaturated/α-hetero) is 1. The lowest BCUT2D eigenvalue weighted by atomic mass is 10.1. The molecule has 0 unspecified atom stereocenters. The molecule has 0 aromatic heterocycles. The Balaban J connectivity index is 1.80. The van der Waals surface area contributed by atoms with Gasteiger partial charge >= 0.3 is 6.09 Å². The van der Waals surface area contributed by atoms with E-state index in [0.29, 0.717) is 16.1 Å². The predicted octanol–water partition coefficient (Wildman–Crippen LogP) is 3.82. The highest BCUT2D eigenvalue weighted by atomic mass is 35.5. The van der Waals surface area contributed by atoms with Crippen molar-refractivity contribution in [2.24, 2.45) is 0 Å². The number of benzene rings is 2. The van der Waals surface area contributed by atoms with Crippen molar-refractivity contribution in [3.05, 3.63) is 70.2 Å². The molecule has 0 aliphatic rings. The van der Waals surface area contributed by atoms with Gasteiger partial charge in [-0.1, -0.05) is 53.8 Å². The predicted molar refractivity (Wildman–Crippen MR) is 93.0 cm³/mol. The molecule has 0 fully saturated rings. The van der Waals surface area contributed by atoms with Crippen LogP contribution in [0.25, 0.3) is 0 Å². The maximum absolute atomic E-state index is 11.5. The van der Waals surface area contributed by atoms with E-state index in [4.69, 9.17) is 16.3 Å². The Hall–Kier alpha value is -2.77. The van der Waals surface area contributed by atoms with Crippen molar-refractivity contribution in [2.75, 3.05) is 6.54 Å². The molecular weight excluding hydrogens is 326 g/mol. The Bertz CT molecular complexity index is 791. The number of halogens is 1. The highest BCUT2D eigenvalue weighted by molar-refractivity contribution is 6.33. The average molecular weight is 342 g/mol. The van der Waals surface area contributed by atoms with Gasteiger partial charge in [0.1, 0.15) is 6.61 Å². The van der Waals surface area contributed by atoms with Gasteiger partial charge in [-0.25, -0.2) is 4.79 Å². The summed E-state index contributed by atoms with van der Waals surface area (Å²) in [5.74, 6) is 5.57. The molecular formula is C19H16ClNO3. The molecule has 2 aromatic rings. The zero-order chi connectivity index (χ0) is 17.4. The van der Waals surface area contributed by atoms with Crippen LogP contribution in [0.3, 0.4) is 0 Å². The molecule has 1 N–H and O–H groups in total. The smallest absolute Gasteiger partial charge is 0.408 e. The van der Waals surface area contributed by atoms with Crippen molar-refractivity contribution in [3.63, 3.8) is 0 Å². The quantitative estimate of drug-likeness (QED) is 0.679. The summed E-state index contributed by atoms with van der Waals surface area (Å²) in [4.78, 5) is 22.8. The molecule has 0 atom stereocenters. The number of rotatable bonds is 4. The fourth-order valence-electron chi connectivity index (χ4n) is 1.92. The molecule has 5 heteroatoms. The fourth-order valence-corrected chi connectivity index (χ4v) is 2.23. The summed E-state index contributed by atoms with van der Waals surface area (Å²) in [6.07, 6.45) is -0.530. The zero-order valence-corrected chi connectivity index (χ0v) is 13.9. The standard InChI is InChI=1S/C19H16ClNO3/c1-14(22)17-10-9-15(12-18(17)20)8-5-11-21-19(23)24-13-16-6-3-2-4-7-16/h2-4,6-7,9-10,12H,11,13H2,1H3,(H,21,23). The molecule has 0 saturated heterocycles. The molecule has 2 rings (SSSR count). The summed E-state index contributed by atoms with van der Waals surface area (Å²) in [6.45, 7) is 1.82. The Morgan fingerprint density at radius 3 is 2.58 bits per heavy atom. The Kier molecular flexibility index (Phi) is 6.41. The number of hydrogen-bond donors (Lipinski definition) is 1. The molecule has 0 spiro atoms. The van der Waals surface area contributed by atoms with Crippen molar-refractivity contribution >= 4 is 23.5 Å². The van der Waals surface area contributed by atoms with Gasteiger partial charge in [0.15, 0.2) is 5.78 Å². The molecule has 24 heavy (non-hydrogen) atoms. The molecule has 4 nitrogen and oxygen atoms in total. The molecule has 0 bridgehead atoms. The first-order valence-electron chi connectivity index (χ1n) is 7.30. The van der Waals surface area contributed by atoms with Crippen LogP contribution in [0, 0.1) is 11.8 Å². The second kappa shape index (κ2) is 8.76. The van der Waals surface area contributed by atoms with Gasteiger partial charge in [0, 0.05) is 11.1 Å². The summed E-state index contributed by atoms with van der Waals surface area (Å²) >= 11 is 6.01. The van der Waals surface area contributed by atoms with Crippen LogP contribution in [0.2, 0.25) is 5.02 Å². The Morgan fingerprint density at radius 1 is 1.17 bits per heavy atom. The summed E-state index contributed by atoms with van der Waals surface area (Å²) in [7, 11) is 0. The van der Waals surface area contributed by atoms with Crippen molar-refractivity contribution in [1.82, 2.24) is 5.32 Å². The third kappa shape index (κ3) is 5.45. The maximum atomic E-state index is 11.5. The number of ether oxygens (including phenoxy) is 1. The fraction of sp³-hybridized carbons (Fsp3) is 0.158. The van der Waals surface area contributed by atoms with Crippen LogP contribution in [-0.4, -0.2) is 18.4 Å². The Morgan fingerprint density at radius 2 is 1.92 bits per heavy atom. The number of ketones is 1. The molecule has 2 aromatic carbocycles. The van der Waals surface area contributed by atoms with E-state index in [9.17, 15) is 9.59 Å². The first kappa shape index (κ1) is 17.6. The highest BCUT2D eigenvalue weighted by Crippen LogP contribution is 2.17. The Labute approximate surface area is 145 Å². The average Bonchev–Trinajstić information content (AvgIpc) is 2.57. The number of alkyl carbamates (subject to hydrolysis) is 1. The first-order valence-corrected chi connectivity index (χ1v) is 7.68. The number of carbonyl (C=O) groups is 2. The van der Waals surface area contributed by atoms with Gasteiger partial charge in [-0.2, -0.15) is 0 Å². The maximum Gasteiger partial charge on any atom is 0.408 e. The first-order chi connectivity index (χ1) is 11.6. The van der Waals surface area contributed by atoms with Crippen LogP contribution in [-0.2, 0) is 11.3 Å². The van der Waals surface area contributed by atoms with Crippen molar-refractivity contribution < 1.29 is 14.3 Å². The van der Waals surface area contributed by atoms with Crippen LogP contribution in [0.15, 0.2) is 48.5 Å². The van der Waals surface area contributed by atoms with Gasteiger partial charge in [0.05, 0.1) is 11.6 Å². The number of hydrogen-bond acceptors (Lipinski definition) is 3. The highest BCUT2D eigenvalue weighted by Gasteiger charge is 2.05. The molecule has 0 saturated carbocycles. The summed E-state index contributed by atoms with van der Waals surface area (Å²) < 4.78 is 5.07. The van der Waals surface area contributed by atoms with Crippen molar-refractivity contribution in [3.8, 4) is 11.8 Å². The minimum Gasteiger partial charge on any atom is -0.445 e. The second-order valence-electron chi connectivity index (χ2n) is 4.97. The lowest BCUT2D eigenvalue weighted by Crippen LogP contribution is -2.24. The molecule has 1 amide bonds. The van der Waals surface area contributed by atoms with E-state index in [1.165, 1.54) is 6.92 Å². The van der Waals surface area contributed by atoms with Gasteiger partial charge in [0.25, 0.3) is 0 Å². The third-order valence-corrected chi connectivity index (χ3v) is 3.43. The van der Waals surface area contributed by atoms with E-state index in [1.807, 2.05) is 30.3 Å². The van der Waals surface area contributed by atoms with E-state index in [2.05, 4.69) is 17.2 Å². The molecule has 0 radical (unpaired) electrons. The largest absolute Gasteiger partial charge is 0.445 e. The molecule has 0 heterocycles. The lowest BCUT2D eigenvalue weighted by Gasteiger charge is -2.04. The monoisotopic (exact) mass is 341 g/mol. The number of amides is 1. The van der Waals surface area contributed by atoms with Gasteiger partial charge in [0.2, 0.25) is 0 Å². The van der Waals surface area contributed by atoms with E-state index >= 15 is 0 Å². The van der Waals surface area contributed by atoms with E-state index in [0.717, 1.165) is 5.56 Å². The summed E-state index contributed by atoms with van der Waals surface area (Å²) in [5, 5.41) is 2.91. The molecule has 0 aliphatic carbocycles. The van der Waals surface area contributed by atoms with Gasteiger partial charge in [-0.05, 0) is 30.7 Å². The van der Waals surface area contributed by atoms with Crippen LogP contribution < -0.4 is 5.32 Å². The van der Waals surface area contributed by atoms with Gasteiger partial charge < -0.3 is 10.1 Å². The minimum absolute atomic E-state index is 0.0951. The van der Waals surface area contributed by atoms with E-state index in [-0.39, 0.29) is 18.9 Å². The van der Waals surface area contributed by atoms with Crippen LogP contribution in [0.5, 0.6) is 0 Å². The minimum atomic E-state index is -0.530. The van der Waals surface area contributed by atoms with E-state index < -0.39 is 6.09 Å². The number of nitrogens with one attached hydrogen (secondary N) is 1. The number of carbonyl (C=O) groups excluding carboxylic acids is 2. The molecule has 122 valence electrons. The van der Waals surface area contributed by atoms with E-state index in [1.54, 1.807) is 18.2 Å². The molecule has 0 aliphatic heterocycles. The third-order valence-electron chi connectivity index (χ3n) is 3.11. The zero-order valence-electron chi connectivity index (χ0n) is 13.1. The van der Waals surface area contributed by atoms with Crippen molar-refractivity contribution in [2.45, 2.75) is 13.5 Å². The topological polar surface area (TPSA) is 55.4 Å². The van der Waals surface area contributed by atoms with Gasteiger partial charge in [-0.15, -0.1) is 0 Å². The van der Waals surface area contributed by atoms with Crippen LogP contribution >= 0.6 is 11.6 Å². The van der Waals surface area contributed by atoms with Crippen LogP contribution in [0.4, 0.5) is 4.79 Å². The SMILES string of the molecule is CC(=O)c1ccc(C#CCNC(=O)OCc2ccccc2)cc1Cl. The summed E-state index contributed by atoms with van der Waals surface area (Å²) in [5.41, 5.74) is 2.05. The normalized spacial score (nSPS) is 9.58. The second-order valence-corrected chi connectivity index (χ2v) is 5.38. The summed E-state index contributed by atoms with van der Waals surface area (Å²) in [6, 6.07) is 14.4.